The molecule has 134 valence electrons. The first kappa shape index (κ1) is 17.3. The van der Waals surface area contributed by atoms with Crippen LogP contribution < -0.4 is 5.43 Å². The summed E-state index contributed by atoms with van der Waals surface area (Å²) in [5.74, 6) is -0.232. The van der Waals surface area contributed by atoms with Crippen molar-refractivity contribution in [1.29, 1.82) is 0 Å². The Balaban J connectivity index is 1.66. The Morgan fingerprint density at radius 1 is 1.04 bits per heavy atom. The Bertz CT molecular complexity index is 1190. The molecule has 27 heavy (non-hydrogen) atoms. The van der Waals surface area contributed by atoms with Gasteiger partial charge in [0, 0.05) is 33.9 Å². The topological polar surface area (TPSA) is 46.4 Å². The van der Waals surface area contributed by atoms with Gasteiger partial charge in [0.15, 0.2) is 0 Å². The molecule has 0 unspecified atom stereocenters. The van der Waals surface area contributed by atoms with Crippen molar-refractivity contribution < 1.29 is 4.79 Å². The maximum atomic E-state index is 12.6. The second kappa shape index (κ2) is 6.89. The zero-order valence-corrected chi connectivity index (χ0v) is 15.8. The Labute approximate surface area is 162 Å². The number of nitrogens with zero attached hydrogens (tertiary/aromatic N) is 2. The number of halogens is 1. The van der Waals surface area contributed by atoms with E-state index in [0.717, 1.165) is 27.5 Å². The van der Waals surface area contributed by atoms with Gasteiger partial charge in [-0.05, 0) is 42.3 Å². The summed E-state index contributed by atoms with van der Waals surface area (Å²) in [7, 11) is 2.03. The molecule has 0 bridgehead atoms. The number of benzene rings is 3. The molecule has 0 aliphatic rings. The molecule has 0 saturated heterocycles. The lowest BCUT2D eigenvalue weighted by Crippen LogP contribution is -2.19. The smallest absolute Gasteiger partial charge is 0.271 e. The Hall–Kier alpha value is -3.11. The van der Waals surface area contributed by atoms with E-state index >= 15 is 0 Å². The Morgan fingerprint density at radius 3 is 2.56 bits per heavy atom. The summed E-state index contributed by atoms with van der Waals surface area (Å²) in [5.41, 5.74) is 7.23. The van der Waals surface area contributed by atoms with Crippen LogP contribution in [0.15, 0.2) is 65.8 Å². The van der Waals surface area contributed by atoms with Crippen LogP contribution in [0.5, 0.6) is 0 Å². The average Bonchev–Trinajstić information content (AvgIpc) is 2.97. The lowest BCUT2D eigenvalue weighted by Gasteiger charge is -2.08. The van der Waals surface area contributed by atoms with Crippen LogP contribution in [0.3, 0.4) is 0 Å². The van der Waals surface area contributed by atoms with Gasteiger partial charge in [0.05, 0.1) is 11.7 Å². The molecule has 0 saturated carbocycles. The molecule has 1 heterocycles. The zero-order valence-electron chi connectivity index (χ0n) is 15.0. The summed E-state index contributed by atoms with van der Waals surface area (Å²) in [5, 5.41) is 7.05. The maximum absolute atomic E-state index is 12.6. The summed E-state index contributed by atoms with van der Waals surface area (Å²) in [6.07, 6.45) is 1.60. The van der Waals surface area contributed by atoms with Gasteiger partial charge < -0.3 is 4.57 Å². The van der Waals surface area contributed by atoms with Gasteiger partial charge in [-0.1, -0.05) is 48.0 Å². The van der Waals surface area contributed by atoms with Crippen LogP contribution in [0.25, 0.3) is 21.8 Å². The molecule has 5 heteroatoms. The molecule has 0 spiro atoms. The SMILES string of the molecule is Cc1c(C(=O)NN=Cc2ccc(Cl)cc2)ccc2c3ccccc3n(C)c12. The number of aryl methyl sites for hydroxylation is 2. The van der Waals surface area contributed by atoms with Gasteiger partial charge >= 0.3 is 0 Å². The molecule has 1 N–H and O–H groups in total. The number of carbonyl (C=O) groups is 1. The summed E-state index contributed by atoms with van der Waals surface area (Å²) in [6, 6.07) is 19.3. The zero-order chi connectivity index (χ0) is 19.0. The maximum Gasteiger partial charge on any atom is 0.271 e. The number of hydrogen-bond donors (Lipinski definition) is 1. The molecule has 4 rings (SSSR count). The number of hydrazone groups is 1. The molecular formula is C22H18ClN3O. The van der Waals surface area contributed by atoms with Crippen LogP contribution in [-0.4, -0.2) is 16.7 Å². The first-order chi connectivity index (χ1) is 13.1. The van der Waals surface area contributed by atoms with Crippen molar-refractivity contribution in [3.8, 4) is 0 Å². The summed E-state index contributed by atoms with van der Waals surface area (Å²) in [4.78, 5) is 12.6. The van der Waals surface area contributed by atoms with Crippen LogP contribution in [0.1, 0.15) is 21.5 Å². The average molecular weight is 376 g/mol. The molecule has 3 aromatic carbocycles. The Morgan fingerprint density at radius 2 is 1.78 bits per heavy atom. The second-order valence-electron chi connectivity index (χ2n) is 6.46. The van der Waals surface area contributed by atoms with Crippen LogP contribution >= 0.6 is 11.6 Å². The van der Waals surface area contributed by atoms with Gasteiger partial charge in [-0.2, -0.15) is 5.10 Å². The highest BCUT2D eigenvalue weighted by Crippen LogP contribution is 2.31. The van der Waals surface area contributed by atoms with Gasteiger partial charge in [-0.15, -0.1) is 0 Å². The van der Waals surface area contributed by atoms with Crippen LogP contribution in [-0.2, 0) is 7.05 Å². The van der Waals surface area contributed by atoms with Crippen molar-refractivity contribution >= 4 is 45.5 Å². The molecule has 0 radical (unpaired) electrons. The minimum atomic E-state index is -0.232. The highest BCUT2D eigenvalue weighted by atomic mass is 35.5. The molecule has 0 aliphatic carbocycles. The van der Waals surface area contributed by atoms with Crippen molar-refractivity contribution in [3.63, 3.8) is 0 Å². The number of carbonyl (C=O) groups excluding carboxylic acids is 1. The molecule has 4 aromatic rings. The number of nitrogens with one attached hydrogen (secondary N) is 1. The van der Waals surface area contributed by atoms with Gasteiger partial charge in [0.2, 0.25) is 0 Å². The molecule has 4 nitrogen and oxygen atoms in total. The molecule has 0 atom stereocenters. The molecule has 0 aliphatic heterocycles. The molecule has 1 aromatic heterocycles. The van der Waals surface area contributed by atoms with Crippen molar-refractivity contribution in [3.05, 3.63) is 82.4 Å². The fourth-order valence-corrected chi connectivity index (χ4v) is 3.61. The van der Waals surface area contributed by atoms with E-state index in [2.05, 4.69) is 27.2 Å². The van der Waals surface area contributed by atoms with Crippen LogP contribution in [0, 0.1) is 6.92 Å². The third-order valence-corrected chi connectivity index (χ3v) is 5.07. The quantitative estimate of drug-likeness (QED) is 0.395. The molecular weight excluding hydrogens is 358 g/mol. The predicted octanol–water partition coefficient (Wildman–Crippen LogP) is 5.06. The minimum absolute atomic E-state index is 0.232. The van der Waals surface area contributed by atoms with E-state index in [-0.39, 0.29) is 5.91 Å². The van der Waals surface area contributed by atoms with Crippen molar-refractivity contribution in [1.82, 2.24) is 9.99 Å². The van der Waals surface area contributed by atoms with E-state index in [1.807, 2.05) is 50.4 Å². The number of para-hydroxylation sites is 1. The third-order valence-electron chi connectivity index (χ3n) is 4.82. The predicted molar refractivity (Wildman–Crippen MR) is 112 cm³/mol. The first-order valence-electron chi connectivity index (χ1n) is 8.62. The number of aromatic nitrogens is 1. The summed E-state index contributed by atoms with van der Waals surface area (Å²) < 4.78 is 2.13. The van der Waals surface area contributed by atoms with Crippen molar-refractivity contribution in [2.75, 3.05) is 0 Å². The normalized spacial score (nSPS) is 11.5. The minimum Gasteiger partial charge on any atom is -0.343 e. The van der Waals surface area contributed by atoms with Crippen LogP contribution in [0.2, 0.25) is 5.02 Å². The standard InChI is InChI=1S/C22H18ClN3O/c1-14-17(22(27)25-24-13-15-7-9-16(23)10-8-15)11-12-19-18-5-3-4-6-20(18)26(2)21(14)19/h3-13H,1-2H3,(H,25,27). The number of fused-ring (bicyclic) bond motifs is 3. The summed E-state index contributed by atoms with van der Waals surface area (Å²) in [6.45, 7) is 1.97. The highest BCUT2D eigenvalue weighted by molar-refractivity contribution is 6.30. The van der Waals surface area contributed by atoms with Gasteiger partial charge in [-0.3, -0.25) is 4.79 Å². The largest absolute Gasteiger partial charge is 0.343 e. The van der Waals surface area contributed by atoms with Gasteiger partial charge in [0.25, 0.3) is 5.91 Å². The van der Waals surface area contributed by atoms with Crippen molar-refractivity contribution in [2.24, 2.45) is 12.1 Å². The molecule has 1 amide bonds. The highest BCUT2D eigenvalue weighted by Gasteiger charge is 2.15. The lowest BCUT2D eigenvalue weighted by atomic mass is 10.0. The molecule has 0 fully saturated rings. The fourth-order valence-electron chi connectivity index (χ4n) is 3.48. The number of hydrogen-bond acceptors (Lipinski definition) is 2. The van der Waals surface area contributed by atoms with E-state index in [1.54, 1.807) is 18.3 Å². The van der Waals surface area contributed by atoms with E-state index in [1.165, 1.54) is 5.39 Å². The van der Waals surface area contributed by atoms with Gasteiger partial charge in [0.1, 0.15) is 0 Å². The van der Waals surface area contributed by atoms with Crippen molar-refractivity contribution in [2.45, 2.75) is 6.92 Å². The lowest BCUT2D eigenvalue weighted by molar-refractivity contribution is 0.0954. The second-order valence-corrected chi connectivity index (χ2v) is 6.90. The van der Waals surface area contributed by atoms with E-state index in [9.17, 15) is 4.79 Å². The fraction of sp³-hybridized carbons (Fsp3) is 0.0909. The van der Waals surface area contributed by atoms with Gasteiger partial charge in [-0.25, -0.2) is 5.43 Å². The number of rotatable bonds is 3. The third kappa shape index (κ3) is 3.09. The van der Waals surface area contributed by atoms with E-state index < -0.39 is 0 Å². The van der Waals surface area contributed by atoms with Crippen LogP contribution in [0.4, 0.5) is 0 Å². The first-order valence-corrected chi connectivity index (χ1v) is 9.00. The van der Waals surface area contributed by atoms with E-state index in [4.69, 9.17) is 11.6 Å². The number of amides is 1. The summed E-state index contributed by atoms with van der Waals surface area (Å²) >= 11 is 5.87. The monoisotopic (exact) mass is 375 g/mol. The Kier molecular flexibility index (Phi) is 4.42. The van der Waals surface area contributed by atoms with E-state index in [0.29, 0.717) is 10.6 Å².